The number of carbonyl (C=O) groups excluding carboxylic acids is 2. The Kier molecular flexibility index (Phi) is 5.04. The molecule has 3 aromatic rings. The molecular weight excluding hydrogens is 376 g/mol. The van der Waals surface area contributed by atoms with Crippen LogP contribution in [0.15, 0.2) is 36.4 Å². The van der Waals surface area contributed by atoms with Crippen molar-refractivity contribution in [3.8, 4) is 5.69 Å². The monoisotopic (exact) mass is 398 g/mol. The second-order valence-corrected chi connectivity index (χ2v) is 7.67. The molecule has 2 aromatic heterocycles. The smallest absolute Gasteiger partial charge is 0.409 e. The van der Waals surface area contributed by atoms with Crippen LogP contribution in [0.1, 0.15) is 22.3 Å². The van der Waals surface area contributed by atoms with Crippen molar-refractivity contribution < 1.29 is 14.3 Å². The summed E-state index contributed by atoms with van der Waals surface area (Å²) in [6.45, 7) is 6.11. The number of carbonyl (C=O) groups is 2. The fraction of sp³-hybridized carbons (Fsp3) is 0.350. The van der Waals surface area contributed by atoms with Gasteiger partial charge in [0.25, 0.3) is 5.91 Å². The molecular formula is C20H22N4O3S. The van der Waals surface area contributed by atoms with Gasteiger partial charge in [0.05, 0.1) is 22.9 Å². The Bertz CT molecular complexity index is 1000. The SMILES string of the molecule is CCOC(=O)N1CCN(C(=O)c2cc3c(C)nn(-c4ccccc4)c3s2)CC1. The van der Waals surface area contributed by atoms with Crippen LogP contribution in [-0.2, 0) is 4.74 Å². The first kappa shape index (κ1) is 18.5. The molecule has 0 atom stereocenters. The van der Waals surface area contributed by atoms with Gasteiger partial charge in [-0.05, 0) is 32.0 Å². The van der Waals surface area contributed by atoms with E-state index in [2.05, 4.69) is 5.10 Å². The Morgan fingerprint density at radius 1 is 1.11 bits per heavy atom. The van der Waals surface area contributed by atoms with Gasteiger partial charge in [0.2, 0.25) is 0 Å². The average Bonchev–Trinajstić information content (AvgIpc) is 3.29. The van der Waals surface area contributed by atoms with Gasteiger partial charge in [-0.25, -0.2) is 9.48 Å². The van der Waals surface area contributed by atoms with Crippen LogP contribution in [0.5, 0.6) is 0 Å². The van der Waals surface area contributed by atoms with Gasteiger partial charge in [0.15, 0.2) is 0 Å². The highest BCUT2D eigenvalue weighted by atomic mass is 32.1. The molecule has 0 unspecified atom stereocenters. The molecule has 0 saturated carbocycles. The van der Waals surface area contributed by atoms with Crippen LogP contribution in [0, 0.1) is 6.92 Å². The first-order chi connectivity index (χ1) is 13.6. The minimum absolute atomic E-state index is 0.00344. The third kappa shape index (κ3) is 3.35. The summed E-state index contributed by atoms with van der Waals surface area (Å²) in [6, 6.07) is 11.9. The molecule has 1 aliphatic rings. The number of nitrogens with zero attached hydrogens (tertiary/aromatic N) is 4. The molecule has 8 heteroatoms. The molecule has 0 N–H and O–H groups in total. The van der Waals surface area contributed by atoms with Gasteiger partial charge >= 0.3 is 6.09 Å². The third-order valence-electron chi connectivity index (χ3n) is 4.85. The molecule has 7 nitrogen and oxygen atoms in total. The van der Waals surface area contributed by atoms with E-state index in [9.17, 15) is 9.59 Å². The van der Waals surface area contributed by atoms with E-state index in [-0.39, 0.29) is 12.0 Å². The molecule has 0 bridgehead atoms. The molecule has 0 radical (unpaired) electrons. The number of rotatable bonds is 3. The number of hydrogen-bond acceptors (Lipinski definition) is 5. The zero-order valence-corrected chi connectivity index (χ0v) is 16.7. The van der Waals surface area contributed by atoms with Crippen molar-refractivity contribution in [1.82, 2.24) is 19.6 Å². The van der Waals surface area contributed by atoms with Crippen molar-refractivity contribution in [2.45, 2.75) is 13.8 Å². The fourth-order valence-corrected chi connectivity index (χ4v) is 4.51. The highest BCUT2D eigenvalue weighted by Gasteiger charge is 2.27. The largest absolute Gasteiger partial charge is 0.450 e. The van der Waals surface area contributed by atoms with Crippen molar-refractivity contribution >= 4 is 33.6 Å². The molecule has 1 aliphatic heterocycles. The number of piperazine rings is 1. The van der Waals surface area contributed by atoms with E-state index in [1.165, 1.54) is 11.3 Å². The summed E-state index contributed by atoms with van der Waals surface area (Å²) in [4.78, 5) is 29.9. The quantitative estimate of drug-likeness (QED) is 0.679. The molecule has 28 heavy (non-hydrogen) atoms. The molecule has 0 spiro atoms. The number of ether oxygens (including phenoxy) is 1. The number of aromatic nitrogens is 2. The molecule has 1 aromatic carbocycles. The summed E-state index contributed by atoms with van der Waals surface area (Å²) in [5, 5.41) is 5.63. The zero-order valence-electron chi connectivity index (χ0n) is 15.9. The minimum Gasteiger partial charge on any atom is -0.450 e. The van der Waals surface area contributed by atoms with Crippen molar-refractivity contribution in [2.24, 2.45) is 0 Å². The number of fused-ring (bicyclic) bond motifs is 1. The Morgan fingerprint density at radius 2 is 1.79 bits per heavy atom. The third-order valence-corrected chi connectivity index (χ3v) is 5.95. The van der Waals surface area contributed by atoms with Gasteiger partial charge in [-0.1, -0.05) is 18.2 Å². The Morgan fingerprint density at radius 3 is 2.46 bits per heavy atom. The molecule has 1 fully saturated rings. The molecule has 0 aliphatic carbocycles. The van der Waals surface area contributed by atoms with E-state index in [0.29, 0.717) is 37.7 Å². The van der Waals surface area contributed by atoms with Gasteiger partial charge in [0, 0.05) is 31.6 Å². The first-order valence-corrected chi connectivity index (χ1v) is 10.2. The van der Waals surface area contributed by atoms with Crippen LogP contribution in [0.25, 0.3) is 15.9 Å². The maximum atomic E-state index is 13.0. The van der Waals surface area contributed by atoms with E-state index >= 15 is 0 Å². The highest BCUT2D eigenvalue weighted by Crippen LogP contribution is 2.31. The number of thiophene rings is 1. The van der Waals surface area contributed by atoms with Crippen molar-refractivity contribution in [3.63, 3.8) is 0 Å². The van der Waals surface area contributed by atoms with Crippen LogP contribution < -0.4 is 0 Å². The Hall–Kier alpha value is -2.87. The van der Waals surface area contributed by atoms with Crippen LogP contribution in [0.4, 0.5) is 4.79 Å². The van der Waals surface area contributed by atoms with Gasteiger partial charge < -0.3 is 14.5 Å². The highest BCUT2D eigenvalue weighted by molar-refractivity contribution is 7.20. The summed E-state index contributed by atoms with van der Waals surface area (Å²) in [5.74, 6) is 0.00344. The molecule has 2 amide bonds. The Balaban J connectivity index is 1.54. The number of amides is 2. The van der Waals surface area contributed by atoms with E-state index < -0.39 is 0 Å². The summed E-state index contributed by atoms with van der Waals surface area (Å²) in [5.41, 5.74) is 1.88. The topological polar surface area (TPSA) is 67.7 Å². The first-order valence-electron chi connectivity index (χ1n) is 9.34. The molecule has 4 rings (SSSR count). The second kappa shape index (κ2) is 7.63. The summed E-state index contributed by atoms with van der Waals surface area (Å²) in [7, 11) is 0. The van der Waals surface area contributed by atoms with Gasteiger partial charge in [-0.3, -0.25) is 4.79 Å². The molecule has 1 saturated heterocycles. The van der Waals surface area contributed by atoms with Gasteiger partial charge in [-0.15, -0.1) is 11.3 Å². The second-order valence-electron chi connectivity index (χ2n) is 6.64. The predicted molar refractivity (Wildman–Crippen MR) is 108 cm³/mol. The van der Waals surface area contributed by atoms with Crippen LogP contribution in [0.3, 0.4) is 0 Å². The number of benzene rings is 1. The molecule has 3 heterocycles. The van der Waals surface area contributed by atoms with Crippen LogP contribution in [0.2, 0.25) is 0 Å². The summed E-state index contributed by atoms with van der Waals surface area (Å²) in [6.07, 6.45) is -0.310. The average molecular weight is 398 g/mol. The Labute approximate surface area is 167 Å². The van der Waals surface area contributed by atoms with Crippen molar-refractivity contribution in [2.75, 3.05) is 32.8 Å². The lowest BCUT2D eigenvalue weighted by Crippen LogP contribution is -2.50. The zero-order chi connectivity index (χ0) is 19.7. The summed E-state index contributed by atoms with van der Waals surface area (Å²) < 4.78 is 6.93. The number of hydrogen-bond donors (Lipinski definition) is 0. The van der Waals surface area contributed by atoms with E-state index in [1.54, 1.807) is 16.7 Å². The molecule has 146 valence electrons. The maximum absolute atomic E-state index is 13.0. The number of aryl methyl sites for hydroxylation is 1. The summed E-state index contributed by atoms with van der Waals surface area (Å²) >= 11 is 1.46. The van der Waals surface area contributed by atoms with Crippen LogP contribution >= 0.6 is 11.3 Å². The minimum atomic E-state index is -0.310. The van der Waals surface area contributed by atoms with E-state index in [0.717, 1.165) is 21.6 Å². The van der Waals surface area contributed by atoms with Crippen LogP contribution in [-0.4, -0.2) is 64.4 Å². The normalized spacial score (nSPS) is 14.5. The van der Waals surface area contributed by atoms with Gasteiger partial charge in [0.1, 0.15) is 4.83 Å². The number of para-hydroxylation sites is 1. The van der Waals surface area contributed by atoms with Gasteiger partial charge in [-0.2, -0.15) is 5.10 Å². The van der Waals surface area contributed by atoms with E-state index in [4.69, 9.17) is 4.74 Å². The standard InChI is InChI=1S/C20H22N4O3S/c1-3-27-20(26)23-11-9-22(10-12-23)18(25)17-13-16-14(2)21-24(19(16)28-17)15-7-5-4-6-8-15/h4-8,13H,3,9-12H2,1-2H3. The van der Waals surface area contributed by atoms with Crippen molar-refractivity contribution in [3.05, 3.63) is 47.0 Å². The van der Waals surface area contributed by atoms with Crippen molar-refractivity contribution in [1.29, 1.82) is 0 Å². The maximum Gasteiger partial charge on any atom is 0.409 e. The lowest BCUT2D eigenvalue weighted by atomic mass is 10.2. The van der Waals surface area contributed by atoms with E-state index in [1.807, 2.05) is 48.0 Å². The lowest BCUT2D eigenvalue weighted by Gasteiger charge is -2.33. The fourth-order valence-electron chi connectivity index (χ4n) is 3.36. The lowest BCUT2D eigenvalue weighted by molar-refractivity contribution is 0.0574. The predicted octanol–water partition coefficient (Wildman–Crippen LogP) is 3.31.